The minimum absolute atomic E-state index is 0. The lowest BCUT2D eigenvalue weighted by Crippen LogP contribution is -2.44. The van der Waals surface area contributed by atoms with Crippen LogP contribution in [0.4, 0.5) is 4.79 Å². The van der Waals surface area contributed by atoms with Gasteiger partial charge in [-0.05, 0) is 33.6 Å². The highest BCUT2D eigenvalue weighted by Gasteiger charge is 2.27. The number of alkyl carbamates (subject to hydrolysis) is 1. The van der Waals surface area contributed by atoms with Gasteiger partial charge in [-0.1, -0.05) is 6.92 Å². The number of likely N-dealkylation sites (tertiary alicyclic amines) is 1. The fourth-order valence-electron chi connectivity index (χ4n) is 2.11. The number of carbonyl (C=O) groups is 1. The number of rotatable bonds is 3. The number of ether oxygens (including phenoxy) is 1. The molecule has 21 heavy (non-hydrogen) atoms. The van der Waals surface area contributed by atoms with Gasteiger partial charge in [0.1, 0.15) is 5.60 Å². The molecule has 1 aliphatic rings. The highest BCUT2D eigenvalue weighted by atomic mass is 127. The van der Waals surface area contributed by atoms with Crippen LogP contribution in [0, 0.1) is 0 Å². The average Bonchev–Trinajstić information content (AvgIpc) is 2.76. The maximum Gasteiger partial charge on any atom is 0.407 e. The maximum absolute atomic E-state index is 11.7. The van der Waals surface area contributed by atoms with E-state index in [1.165, 1.54) is 0 Å². The molecule has 6 nitrogen and oxygen atoms in total. The third-order valence-electron chi connectivity index (χ3n) is 2.95. The van der Waals surface area contributed by atoms with E-state index in [9.17, 15) is 4.79 Å². The van der Waals surface area contributed by atoms with Gasteiger partial charge in [0.05, 0.1) is 6.04 Å². The Bertz CT molecular complexity index is 355. The van der Waals surface area contributed by atoms with Crippen LogP contribution < -0.4 is 10.6 Å². The van der Waals surface area contributed by atoms with E-state index in [1.807, 2.05) is 20.8 Å². The van der Waals surface area contributed by atoms with Gasteiger partial charge >= 0.3 is 6.09 Å². The zero-order valence-electron chi connectivity index (χ0n) is 13.7. The molecule has 124 valence electrons. The lowest BCUT2D eigenvalue weighted by molar-refractivity contribution is 0.0507. The summed E-state index contributed by atoms with van der Waals surface area (Å²) in [5.74, 6) is 0.903. The van der Waals surface area contributed by atoms with Crippen molar-refractivity contribution in [2.75, 3.05) is 26.7 Å². The number of carbonyl (C=O) groups excluding carboxylic acids is 1. The summed E-state index contributed by atoms with van der Waals surface area (Å²) in [7, 11) is 1.78. The second-order valence-electron chi connectivity index (χ2n) is 6.05. The molecule has 0 aromatic carbocycles. The normalized spacial score (nSPS) is 19.0. The minimum atomic E-state index is -0.457. The van der Waals surface area contributed by atoms with Gasteiger partial charge in [0.2, 0.25) is 0 Å². The van der Waals surface area contributed by atoms with Gasteiger partial charge in [0, 0.05) is 26.7 Å². The molecule has 1 unspecified atom stereocenters. The monoisotopic (exact) mass is 412 g/mol. The van der Waals surface area contributed by atoms with E-state index in [0.29, 0.717) is 0 Å². The summed E-state index contributed by atoms with van der Waals surface area (Å²) in [6.07, 6.45) is 1.62. The lowest BCUT2D eigenvalue weighted by atomic mass is 10.2. The van der Waals surface area contributed by atoms with Gasteiger partial charge in [0.25, 0.3) is 0 Å². The Balaban J connectivity index is 0.00000400. The molecule has 0 aromatic rings. The predicted octanol–water partition coefficient (Wildman–Crippen LogP) is 2.19. The van der Waals surface area contributed by atoms with Gasteiger partial charge < -0.3 is 20.3 Å². The summed E-state index contributed by atoms with van der Waals surface area (Å²) in [5.41, 5.74) is -0.457. The molecular formula is C14H29IN4O2. The molecule has 1 heterocycles. The third kappa shape index (κ3) is 7.73. The van der Waals surface area contributed by atoms with Crippen molar-refractivity contribution in [2.45, 2.75) is 52.2 Å². The first-order valence-electron chi connectivity index (χ1n) is 7.31. The molecule has 0 saturated carbocycles. The van der Waals surface area contributed by atoms with Crippen LogP contribution in [0.2, 0.25) is 0 Å². The smallest absolute Gasteiger partial charge is 0.407 e. The van der Waals surface area contributed by atoms with E-state index >= 15 is 0 Å². The first-order valence-corrected chi connectivity index (χ1v) is 7.31. The Morgan fingerprint density at radius 2 is 2.10 bits per heavy atom. The van der Waals surface area contributed by atoms with Crippen LogP contribution in [0.5, 0.6) is 0 Å². The number of guanidine groups is 1. The van der Waals surface area contributed by atoms with Crippen molar-refractivity contribution in [1.82, 2.24) is 15.5 Å². The van der Waals surface area contributed by atoms with Crippen LogP contribution in [-0.4, -0.2) is 55.3 Å². The van der Waals surface area contributed by atoms with E-state index in [1.54, 1.807) is 7.05 Å². The highest BCUT2D eigenvalue weighted by molar-refractivity contribution is 14.0. The molecule has 1 saturated heterocycles. The predicted molar refractivity (Wildman–Crippen MR) is 96.4 cm³/mol. The standard InChI is InChI=1S/C14H28N4O2.HI/c1-6-8-16-12(15-5)18-9-7-11(10-18)17-13(19)20-14(2,3)4;/h11H,6-10H2,1-5H3,(H,15,16)(H,17,19);1H. The molecule has 0 aliphatic carbocycles. The molecule has 1 fully saturated rings. The van der Waals surface area contributed by atoms with Gasteiger partial charge in [-0.15, -0.1) is 24.0 Å². The number of hydrogen-bond acceptors (Lipinski definition) is 3. The largest absolute Gasteiger partial charge is 0.444 e. The van der Waals surface area contributed by atoms with Gasteiger partial charge in [-0.3, -0.25) is 4.99 Å². The third-order valence-corrected chi connectivity index (χ3v) is 2.95. The molecule has 7 heteroatoms. The highest BCUT2D eigenvalue weighted by Crippen LogP contribution is 2.11. The van der Waals surface area contributed by atoms with Crippen LogP contribution in [0.1, 0.15) is 40.5 Å². The van der Waals surface area contributed by atoms with Crippen LogP contribution >= 0.6 is 24.0 Å². The van der Waals surface area contributed by atoms with Crippen LogP contribution in [0.3, 0.4) is 0 Å². The topological polar surface area (TPSA) is 66.0 Å². The van der Waals surface area contributed by atoms with E-state index in [-0.39, 0.29) is 36.1 Å². The van der Waals surface area contributed by atoms with E-state index in [0.717, 1.165) is 38.4 Å². The zero-order valence-corrected chi connectivity index (χ0v) is 16.1. The van der Waals surface area contributed by atoms with Crippen LogP contribution in [0.15, 0.2) is 4.99 Å². The van der Waals surface area contributed by atoms with Gasteiger partial charge in [-0.25, -0.2) is 4.79 Å². The van der Waals surface area contributed by atoms with E-state index < -0.39 is 5.60 Å². The van der Waals surface area contributed by atoms with Crippen molar-refractivity contribution in [1.29, 1.82) is 0 Å². The van der Waals surface area contributed by atoms with Crippen molar-refractivity contribution >= 4 is 36.0 Å². The first kappa shape index (κ1) is 20.3. The van der Waals surface area contributed by atoms with E-state index in [4.69, 9.17) is 4.74 Å². The average molecular weight is 412 g/mol. The zero-order chi connectivity index (χ0) is 15.2. The molecule has 1 atom stereocenters. The number of halogens is 1. The Labute approximate surface area is 145 Å². The van der Waals surface area contributed by atoms with Crippen molar-refractivity contribution in [2.24, 2.45) is 4.99 Å². The second-order valence-corrected chi connectivity index (χ2v) is 6.05. The van der Waals surface area contributed by atoms with Gasteiger partial charge in [-0.2, -0.15) is 0 Å². The molecule has 0 radical (unpaired) electrons. The number of hydrogen-bond donors (Lipinski definition) is 2. The van der Waals surface area contributed by atoms with Crippen molar-refractivity contribution < 1.29 is 9.53 Å². The maximum atomic E-state index is 11.7. The molecule has 1 amide bonds. The second kappa shape index (κ2) is 9.32. The van der Waals surface area contributed by atoms with E-state index in [2.05, 4.69) is 27.4 Å². The van der Waals surface area contributed by atoms with Gasteiger partial charge in [0.15, 0.2) is 5.96 Å². The van der Waals surface area contributed by atoms with Crippen molar-refractivity contribution in [3.05, 3.63) is 0 Å². The number of aliphatic imine (C=N–C) groups is 1. The summed E-state index contributed by atoms with van der Waals surface area (Å²) >= 11 is 0. The Morgan fingerprint density at radius 1 is 1.43 bits per heavy atom. The molecule has 1 rings (SSSR count). The minimum Gasteiger partial charge on any atom is -0.444 e. The molecule has 0 spiro atoms. The quantitative estimate of drug-likeness (QED) is 0.424. The molecule has 0 aromatic heterocycles. The molecular weight excluding hydrogens is 383 g/mol. The molecule has 0 bridgehead atoms. The van der Waals surface area contributed by atoms with Crippen molar-refractivity contribution in [3.63, 3.8) is 0 Å². The van der Waals surface area contributed by atoms with Crippen LogP contribution in [-0.2, 0) is 4.74 Å². The van der Waals surface area contributed by atoms with Crippen molar-refractivity contribution in [3.8, 4) is 0 Å². The number of amides is 1. The summed E-state index contributed by atoms with van der Waals surface area (Å²) in [6, 6.07) is 0.116. The fourth-order valence-corrected chi connectivity index (χ4v) is 2.11. The Morgan fingerprint density at radius 3 is 2.62 bits per heavy atom. The number of nitrogens with one attached hydrogen (secondary N) is 2. The molecule has 2 N–H and O–H groups in total. The summed E-state index contributed by atoms with van der Waals surface area (Å²) in [5, 5.41) is 6.22. The first-order chi connectivity index (χ1) is 9.35. The fraction of sp³-hybridized carbons (Fsp3) is 0.857. The Kier molecular flexibility index (Phi) is 9.00. The summed E-state index contributed by atoms with van der Waals surface area (Å²) in [4.78, 5) is 18.2. The Hall–Kier alpha value is -0.730. The molecule has 1 aliphatic heterocycles. The SMILES string of the molecule is CCCNC(=NC)N1CCC(NC(=O)OC(C)(C)C)C1.I. The number of nitrogens with zero attached hydrogens (tertiary/aromatic N) is 2. The summed E-state index contributed by atoms with van der Waals surface area (Å²) in [6.45, 7) is 10.3. The lowest BCUT2D eigenvalue weighted by Gasteiger charge is -2.23. The summed E-state index contributed by atoms with van der Waals surface area (Å²) < 4.78 is 5.27. The van der Waals surface area contributed by atoms with Crippen LogP contribution in [0.25, 0.3) is 0 Å².